The van der Waals surface area contributed by atoms with Crippen LogP contribution >= 0.6 is 36.4 Å². The number of ether oxygens (including phenoxy) is 1. The van der Waals surface area contributed by atoms with E-state index in [9.17, 15) is 0 Å². The van der Waals surface area contributed by atoms with Gasteiger partial charge in [-0.25, -0.2) is 0 Å². The van der Waals surface area contributed by atoms with Gasteiger partial charge < -0.3 is 10.1 Å². The lowest BCUT2D eigenvalue weighted by Crippen LogP contribution is -2.42. The van der Waals surface area contributed by atoms with Crippen LogP contribution in [0.4, 0.5) is 0 Å². The summed E-state index contributed by atoms with van der Waals surface area (Å²) in [5.74, 6) is 0.870. The zero-order valence-electron chi connectivity index (χ0n) is 10.3. The number of halogens is 3. The summed E-state index contributed by atoms with van der Waals surface area (Å²) in [4.78, 5) is 2.40. The smallest absolute Gasteiger partial charge is 0.119 e. The molecule has 0 radical (unpaired) electrons. The van der Waals surface area contributed by atoms with Gasteiger partial charge in [0, 0.05) is 37.7 Å². The second-order valence-electron chi connectivity index (χ2n) is 3.98. The maximum Gasteiger partial charge on any atom is 0.119 e. The molecule has 1 fully saturated rings. The van der Waals surface area contributed by atoms with Crippen molar-refractivity contribution in [2.24, 2.45) is 0 Å². The first-order chi connectivity index (χ1) is 7.79. The SMILES string of the molecule is COc1ccc(Cl)c(CN2CCNCC2)c1.Cl.Cl. The molecule has 1 aliphatic rings. The topological polar surface area (TPSA) is 24.5 Å². The second kappa shape index (κ2) is 8.83. The number of nitrogens with one attached hydrogen (secondary N) is 1. The van der Waals surface area contributed by atoms with E-state index in [0.29, 0.717) is 0 Å². The van der Waals surface area contributed by atoms with Crippen molar-refractivity contribution < 1.29 is 4.74 Å². The van der Waals surface area contributed by atoms with Gasteiger partial charge in [0.1, 0.15) is 5.75 Å². The van der Waals surface area contributed by atoms with E-state index in [1.54, 1.807) is 7.11 Å². The standard InChI is InChI=1S/C12H17ClN2O.2ClH/c1-16-11-2-3-12(13)10(8-11)9-15-6-4-14-5-7-15;;/h2-3,8,14H,4-7,9H2,1H3;2*1H. The van der Waals surface area contributed by atoms with E-state index in [4.69, 9.17) is 16.3 Å². The highest BCUT2D eigenvalue weighted by Crippen LogP contribution is 2.23. The van der Waals surface area contributed by atoms with Gasteiger partial charge in [-0.2, -0.15) is 0 Å². The molecule has 0 aromatic heterocycles. The minimum atomic E-state index is 0. The summed E-state index contributed by atoms with van der Waals surface area (Å²) in [7, 11) is 1.68. The van der Waals surface area contributed by atoms with Crippen molar-refractivity contribution in [1.82, 2.24) is 10.2 Å². The molecule has 3 nitrogen and oxygen atoms in total. The van der Waals surface area contributed by atoms with Crippen molar-refractivity contribution in [3.63, 3.8) is 0 Å². The molecule has 0 saturated carbocycles. The van der Waals surface area contributed by atoms with Gasteiger partial charge in [-0.1, -0.05) is 11.6 Å². The van der Waals surface area contributed by atoms with Crippen molar-refractivity contribution in [3.8, 4) is 5.75 Å². The lowest BCUT2D eigenvalue weighted by atomic mass is 10.2. The van der Waals surface area contributed by atoms with Gasteiger partial charge in [-0.15, -0.1) is 24.8 Å². The van der Waals surface area contributed by atoms with E-state index in [2.05, 4.69) is 10.2 Å². The Bertz CT molecular complexity index is 357. The zero-order valence-corrected chi connectivity index (χ0v) is 12.7. The Morgan fingerprint density at radius 3 is 2.56 bits per heavy atom. The molecule has 1 aromatic carbocycles. The molecule has 0 unspecified atom stereocenters. The van der Waals surface area contributed by atoms with E-state index >= 15 is 0 Å². The highest BCUT2D eigenvalue weighted by molar-refractivity contribution is 6.31. The molecule has 1 aliphatic heterocycles. The van der Waals surface area contributed by atoms with Gasteiger partial charge in [-0.3, -0.25) is 4.90 Å². The molecule has 18 heavy (non-hydrogen) atoms. The van der Waals surface area contributed by atoms with Crippen molar-refractivity contribution in [2.45, 2.75) is 6.54 Å². The average Bonchev–Trinajstić information content (AvgIpc) is 2.33. The fourth-order valence-electron chi connectivity index (χ4n) is 1.91. The maximum atomic E-state index is 6.17. The van der Waals surface area contributed by atoms with E-state index in [1.165, 1.54) is 0 Å². The van der Waals surface area contributed by atoms with Gasteiger partial charge >= 0.3 is 0 Å². The first-order valence-electron chi connectivity index (χ1n) is 5.55. The number of benzene rings is 1. The molecule has 0 atom stereocenters. The number of methoxy groups -OCH3 is 1. The Balaban J connectivity index is 0.00000144. The lowest BCUT2D eigenvalue weighted by molar-refractivity contribution is 0.233. The Morgan fingerprint density at radius 2 is 1.94 bits per heavy atom. The van der Waals surface area contributed by atoms with E-state index < -0.39 is 0 Å². The normalized spacial score (nSPS) is 15.4. The van der Waals surface area contributed by atoms with E-state index in [-0.39, 0.29) is 24.8 Å². The van der Waals surface area contributed by atoms with Crippen LogP contribution in [0.15, 0.2) is 18.2 Å². The highest BCUT2D eigenvalue weighted by atomic mass is 35.5. The maximum absolute atomic E-state index is 6.17. The molecule has 0 amide bonds. The van der Waals surface area contributed by atoms with Gasteiger partial charge in [0.2, 0.25) is 0 Å². The molecule has 1 N–H and O–H groups in total. The number of rotatable bonds is 3. The molecule has 0 bridgehead atoms. The molecular formula is C12H19Cl3N2O. The molecule has 6 heteroatoms. The van der Waals surface area contributed by atoms with Gasteiger partial charge in [0.25, 0.3) is 0 Å². The monoisotopic (exact) mass is 312 g/mol. The summed E-state index contributed by atoms with van der Waals surface area (Å²) in [5.41, 5.74) is 1.14. The van der Waals surface area contributed by atoms with E-state index in [1.807, 2.05) is 18.2 Å². The Morgan fingerprint density at radius 1 is 1.28 bits per heavy atom. The van der Waals surface area contributed by atoms with Crippen LogP contribution in [0.3, 0.4) is 0 Å². The summed E-state index contributed by atoms with van der Waals surface area (Å²) in [6.45, 7) is 5.17. The predicted octanol–water partition coefficient (Wildman–Crippen LogP) is 2.60. The fourth-order valence-corrected chi connectivity index (χ4v) is 2.09. The third kappa shape index (κ3) is 4.82. The number of hydrogen-bond donors (Lipinski definition) is 1. The van der Waals surface area contributed by atoms with Crippen LogP contribution in [0.1, 0.15) is 5.56 Å². The average molecular weight is 314 g/mol. The molecule has 1 saturated heterocycles. The van der Waals surface area contributed by atoms with Crippen LogP contribution in [0.5, 0.6) is 5.75 Å². The van der Waals surface area contributed by atoms with Crippen molar-refractivity contribution >= 4 is 36.4 Å². The molecular weight excluding hydrogens is 295 g/mol. The molecule has 104 valence electrons. The largest absolute Gasteiger partial charge is 0.497 e. The quantitative estimate of drug-likeness (QED) is 0.928. The molecule has 2 rings (SSSR count). The fraction of sp³-hybridized carbons (Fsp3) is 0.500. The summed E-state index contributed by atoms with van der Waals surface area (Å²) < 4.78 is 5.21. The summed E-state index contributed by atoms with van der Waals surface area (Å²) in [6.07, 6.45) is 0. The highest BCUT2D eigenvalue weighted by Gasteiger charge is 2.12. The van der Waals surface area contributed by atoms with Crippen LogP contribution in [0.25, 0.3) is 0 Å². The van der Waals surface area contributed by atoms with Gasteiger partial charge in [0.05, 0.1) is 7.11 Å². The van der Waals surface area contributed by atoms with Crippen LogP contribution in [0.2, 0.25) is 5.02 Å². The van der Waals surface area contributed by atoms with E-state index in [0.717, 1.165) is 49.1 Å². The third-order valence-electron chi connectivity index (χ3n) is 2.86. The zero-order chi connectivity index (χ0) is 11.4. The Hall–Kier alpha value is -0.190. The number of piperazine rings is 1. The van der Waals surface area contributed by atoms with Crippen molar-refractivity contribution in [3.05, 3.63) is 28.8 Å². The van der Waals surface area contributed by atoms with Gasteiger partial charge in [-0.05, 0) is 23.8 Å². The first kappa shape index (κ1) is 17.8. The summed E-state index contributed by atoms with van der Waals surface area (Å²) in [5, 5.41) is 4.16. The second-order valence-corrected chi connectivity index (χ2v) is 4.39. The van der Waals surface area contributed by atoms with Crippen LogP contribution in [-0.4, -0.2) is 38.2 Å². The molecule has 0 spiro atoms. The molecule has 1 aromatic rings. The van der Waals surface area contributed by atoms with Crippen molar-refractivity contribution in [1.29, 1.82) is 0 Å². The number of hydrogen-bond acceptors (Lipinski definition) is 3. The first-order valence-corrected chi connectivity index (χ1v) is 5.93. The predicted molar refractivity (Wildman–Crippen MR) is 80.6 cm³/mol. The lowest BCUT2D eigenvalue weighted by Gasteiger charge is -2.27. The van der Waals surface area contributed by atoms with Crippen molar-refractivity contribution in [2.75, 3.05) is 33.3 Å². The summed E-state index contributed by atoms with van der Waals surface area (Å²) in [6, 6.07) is 5.81. The number of nitrogens with zero attached hydrogens (tertiary/aromatic N) is 1. The molecule has 1 heterocycles. The minimum Gasteiger partial charge on any atom is -0.497 e. The summed E-state index contributed by atoms with van der Waals surface area (Å²) >= 11 is 6.17. The van der Waals surface area contributed by atoms with Crippen LogP contribution in [0, 0.1) is 0 Å². The Kier molecular flexibility index (Phi) is 8.74. The van der Waals surface area contributed by atoms with Crippen LogP contribution < -0.4 is 10.1 Å². The Labute approximate surface area is 126 Å². The molecule has 0 aliphatic carbocycles. The van der Waals surface area contributed by atoms with Crippen LogP contribution in [-0.2, 0) is 6.54 Å². The third-order valence-corrected chi connectivity index (χ3v) is 3.23. The van der Waals surface area contributed by atoms with Gasteiger partial charge in [0.15, 0.2) is 0 Å². The minimum absolute atomic E-state index is 0.